The van der Waals surface area contributed by atoms with Gasteiger partial charge in [0.25, 0.3) is 0 Å². The molecule has 0 fully saturated rings. The van der Waals surface area contributed by atoms with E-state index in [1.807, 2.05) is 30.3 Å². The minimum absolute atomic E-state index is 0.0900. The number of nitrogens with two attached hydrogens (primary N) is 1. The van der Waals surface area contributed by atoms with Crippen LogP contribution in [0.4, 0.5) is 4.39 Å². The molecule has 0 aliphatic carbocycles. The topological polar surface area (TPSA) is 38.0 Å². The van der Waals surface area contributed by atoms with Crippen molar-refractivity contribution in [3.63, 3.8) is 0 Å². The van der Waals surface area contributed by atoms with E-state index in [0.29, 0.717) is 0 Å². The van der Waals surface area contributed by atoms with E-state index >= 15 is 0 Å². The summed E-state index contributed by atoms with van der Waals surface area (Å²) in [5, 5.41) is 0. The lowest BCUT2D eigenvalue weighted by Gasteiger charge is -2.16. The molecule has 1 unspecified atom stereocenters. The van der Waals surface area contributed by atoms with E-state index in [1.54, 1.807) is 17.8 Å². The Morgan fingerprint density at radius 3 is 2.68 bits per heavy atom. The van der Waals surface area contributed by atoms with E-state index in [-0.39, 0.29) is 11.9 Å². The van der Waals surface area contributed by atoms with Crippen LogP contribution >= 0.6 is 27.7 Å². The van der Waals surface area contributed by atoms with Crippen LogP contribution in [-0.4, -0.2) is 5.75 Å². The second-order valence-electron chi connectivity index (χ2n) is 4.02. The van der Waals surface area contributed by atoms with Gasteiger partial charge in [-0.2, -0.15) is 0 Å². The molecule has 2 aromatic rings. The van der Waals surface area contributed by atoms with E-state index in [9.17, 15) is 4.39 Å². The Kier molecular flexibility index (Phi) is 5.39. The predicted molar refractivity (Wildman–Crippen MR) is 81.3 cm³/mol. The lowest BCUT2D eigenvalue weighted by molar-refractivity contribution is 0.591. The molecule has 1 atom stereocenters. The standard InChI is InChI=1S/C14H14BrFN2S/c15-12-6-1-2-7-14(12)19-9-13(18-17)10-4-3-5-11(16)8-10/h1-8,13,18H,9,17H2. The van der Waals surface area contributed by atoms with Crippen molar-refractivity contribution in [3.05, 3.63) is 64.4 Å². The van der Waals surface area contributed by atoms with Crippen molar-refractivity contribution in [2.75, 3.05) is 5.75 Å². The number of thioether (sulfide) groups is 1. The third-order valence-corrected chi connectivity index (χ3v) is 4.82. The Bertz CT molecular complexity index is 550. The SMILES string of the molecule is NNC(CSc1ccccc1Br)c1cccc(F)c1. The lowest BCUT2D eigenvalue weighted by atomic mass is 10.1. The van der Waals surface area contributed by atoms with Gasteiger partial charge in [-0.3, -0.25) is 11.3 Å². The van der Waals surface area contributed by atoms with Crippen LogP contribution in [0.2, 0.25) is 0 Å². The second-order valence-corrected chi connectivity index (χ2v) is 5.93. The first-order chi connectivity index (χ1) is 9.20. The van der Waals surface area contributed by atoms with E-state index in [2.05, 4.69) is 21.4 Å². The largest absolute Gasteiger partial charge is 0.271 e. The first-order valence-corrected chi connectivity index (χ1v) is 7.57. The van der Waals surface area contributed by atoms with Crippen molar-refractivity contribution >= 4 is 27.7 Å². The van der Waals surface area contributed by atoms with Gasteiger partial charge in [0, 0.05) is 15.1 Å². The monoisotopic (exact) mass is 340 g/mol. The molecular weight excluding hydrogens is 327 g/mol. The van der Waals surface area contributed by atoms with Crippen LogP contribution in [-0.2, 0) is 0 Å². The average molecular weight is 341 g/mol. The van der Waals surface area contributed by atoms with E-state index < -0.39 is 0 Å². The number of hydrazine groups is 1. The molecule has 100 valence electrons. The van der Waals surface area contributed by atoms with E-state index in [4.69, 9.17) is 5.84 Å². The first kappa shape index (κ1) is 14.5. The maximum absolute atomic E-state index is 13.2. The second kappa shape index (κ2) is 7.05. The summed E-state index contributed by atoms with van der Waals surface area (Å²) in [4.78, 5) is 1.14. The highest BCUT2D eigenvalue weighted by molar-refractivity contribution is 9.10. The quantitative estimate of drug-likeness (QED) is 0.492. The zero-order valence-electron chi connectivity index (χ0n) is 10.1. The van der Waals surface area contributed by atoms with Gasteiger partial charge in [0.15, 0.2) is 0 Å². The Morgan fingerprint density at radius 2 is 2.00 bits per heavy atom. The van der Waals surface area contributed by atoms with E-state index in [0.717, 1.165) is 20.7 Å². The molecule has 2 aromatic carbocycles. The van der Waals surface area contributed by atoms with Gasteiger partial charge in [0.1, 0.15) is 5.82 Å². The fourth-order valence-corrected chi connectivity index (χ4v) is 3.34. The Morgan fingerprint density at radius 1 is 1.21 bits per heavy atom. The van der Waals surface area contributed by atoms with Gasteiger partial charge in [0.2, 0.25) is 0 Å². The van der Waals surface area contributed by atoms with Gasteiger partial charge < -0.3 is 0 Å². The van der Waals surface area contributed by atoms with Crippen LogP contribution < -0.4 is 11.3 Å². The van der Waals surface area contributed by atoms with Gasteiger partial charge in [-0.1, -0.05) is 24.3 Å². The molecule has 3 N–H and O–H groups in total. The highest BCUT2D eigenvalue weighted by Gasteiger charge is 2.11. The molecule has 0 saturated carbocycles. The zero-order valence-corrected chi connectivity index (χ0v) is 12.5. The Labute approximate surface area is 124 Å². The van der Waals surface area contributed by atoms with Crippen molar-refractivity contribution < 1.29 is 4.39 Å². The van der Waals surface area contributed by atoms with Crippen LogP contribution in [0.15, 0.2) is 57.9 Å². The molecule has 0 aliphatic heterocycles. The van der Waals surface area contributed by atoms with Crippen LogP contribution in [0.3, 0.4) is 0 Å². The average Bonchev–Trinajstić information content (AvgIpc) is 2.41. The van der Waals surface area contributed by atoms with Gasteiger partial charge in [-0.15, -0.1) is 11.8 Å². The molecule has 5 heteroatoms. The third kappa shape index (κ3) is 4.04. The summed E-state index contributed by atoms with van der Waals surface area (Å²) < 4.78 is 14.3. The van der Waals surface area contributed by atoms with Crippen molar-refractivity contribution in [2.24, 2.45) is 5.84 Å². The molecule has 0 radical (unpaired) electrons. The normalized spacial score (nSPS) is 12.4. The number of hydrogen-bond acceptors (Lipinski definition) is 3. The number of hydrogen-bond donors (Lipinski definition) is 2. The maximum atomic E-state index is 13.2. The van der Waals surface area contributed by atoms with Gasteiger partial charge in [-0.25, -0.2) is 4.39 Å². The minimum Gasteiger partial charge on any atom is -0.271 e. The summed E-state index contributed by atoms with van der Waals surface area (Å²) in [6.45, 7) is 0. The number of benzene rings is 2. The molecule has 2 nitrogen and oxygen atoms in total. The fraction of sp³-hybridized carbons (Fsp3) is 0.143. The molecule has 0 bridgehead atoms. The zero-order chi connectivity index (χ0) is 13.7. The number of halogens is 2. The summed E-state index contributed by atoms with van der Waals surface area (Å²) in [7, 11) is 0. The highest BCUT2D eigenvalue weighted by Crippen LogP contribution is 2.30. The summed E-state index contributed by atoms with van der Waals surface area (Å²) >= 11 is 5.17. The number of nitrogens with one attached hydrogen (secondary N) is 1. The highest BCUT2D eigenvalue weighted by atomic mass is 79.9. The predicted octanol–water partition coefficient (Wildman–Crippen LogP) is 3.88. The lowest BCUT2D eigenvalue weighted by Crippen LogP contribution is -2.29. The van der Waals surface area contributed by atoms with Gasteiger partial charge >= 0.3 is 0 Å². The van der Waals surface area contributed by atoms with Gasteiger partial charge in [0.05, 0.1) is 6.04 Å². The molecule has 0 amide bonds. The van der Waals surface area contributed by atoms with E-state index in [1.165, 1.54) is 12.1 Å². The van der Waals surface area contributed by atoms with Crippen molar-refractivity contribution in [2.45, 2.75) is 10.9 Å². The molecule has 2 rings (SSSR count). The van der Waals surface area contributed by atoms with Gasteiger partial charge in [-0.05, 0) is 45.8 Å². The first-order valence-electron chi connectivity index (χ1n) is 5.79. The fourth-order valence-electron chi connectivity index (χ4n) is 1.70. The molecular formula is C14H14BrFN2S. The number of rotatable bonds is 5. The van der Waals surface area contributed by atoms with Crippen LogP contribution in [0.5, 0.6) is 0 Å². The van der Waals surface area contributed by atoms with Crippen LogP contribution in [0, 0.1) is 5.82 Å². The summed E-state index contributed by atoms with van der Waals surface area (Å²) in [5.74, 6) is 6.04. The summed E-state index contributed by atoms with van der Waals surface area (Å²) in [5.41, 5.74) is 3.58. The van der Waals surface area contributed by atoms with Crippen molar-refractivity contribution in [1.29, 1.82) is 0 Å². The molecule has 19 heavy (non-hydrogen) atoms. The molecule has 0 saturated heterocycles. The molecule has 0 spiro atoms. The van der Waals surface area contributed by atoms with Crippen molar-refractivity contribution in [3.8, 4) is 0 Å². The van der Waals surface area contributed by atoms with Crippen LogP contribution in [0.1, 0.15) is 11.6 Å². The van der Waals surface area contributed by atoms with Crippen LogP contribution in [0.25, 0.3) is 0 Å². The molecule has 0 aromatic heterocycles. The smallest absolute Gasteiger partial charge is 0.123 e. The third-order valence-electron chi connectivity index (χ3n) is 2.69. The van der Waals surface area contributed by atoms with Crippen molar-refractivity contribution in [1.82, 2.24) is 5.43 Å². The maximum Gasteiger partial charge on any atom is 0.123 e. The Balaban J connectivity index is 2.06. The summed E-state index contributed by atoms with van der Waals surface area (Å²) in [6.07, 6.45) is 0. The minimum atomic E-state index is -0.247. The summed E-state index contributed by atoms with van der Waals surface area (Å²) in [6, 6.07) is 14.4. The molecule has 0 heterocycles. The molecule has 0 aliphatic rings. The Hall–Kier alpha value is -0.880.